The van der Waals surface area contributed by atoms with E-state index in [0.717, 1.165) is 24.2 Å². The molecule has 4 rings (SSSR count). The van der Waals surface area contributed by atoms with Gasteiger partial charge in [0.1, 0.15) is 0 Å². The summed E-state index contributed by atoms with van der Waals surface area (Å²) < 4.78 is 1.50. The number of fused-ring (bicyclic) bond motifs is 1. The average molecular weight is 409 g/mol. The predicted octanol–water partition coefficient (Wildman–Crippen LogP) is 2.82. The molecule has 0 spiro atoms. The molecule has 2 fully saturated rings. The van der Waals surface area contributed by atoms with Gasteiger partial charge < -0.3 is 10.2 Å². The molecule has 1 aliphatic heterocycles. The van der Waals surface area contributed by atoms with E-state index in [0.29, 0.717) is 28.9 Å². The van der Waals surface area contributed by atoms with Crippen molar-refractivity contribution in [1.82, 2.24) is 14.5 Å². The summed E-state index contributed by atoms with van der Waals surface area (Å²) in [5.41, 5.74) is 3.25. The third-order valence-electron chi connectivity index (χ3n) is 6.38. The number of amides is 2. The Balaban J connectivity index is 1.42. The summed E-state index contributed by atoms with van der Waals surface area (Å²) in [6, 6.07) is 7.68. The summed E-state index contributed by atoms with van der Waals surface area (Å²) in [6.45, 7) is 6.61. The van der Waals surface area contributed by atoms with Gasteiger partial charge in [-0.05, 0) is 63.3 Å². The number of anilines is 1. The van der Waals surface area contributed by atoms with Gasteiger partial charge in [0.05, 0.1) is 0 Å². The number of nitrogens with zero attached hydrogens (tertiary/aromatic N) is 3. The lowest BCUT2D eigenvalue weighted by Gasteiger charge is -2.44. The van der Waals surface area contributed by atoms with Gasteiger partial charge in [0.15, 0.2) is 0 Å². The lowest BCUT2D eigenvalue weighted by Crippen LogP contribution is -2.55. The Bertz CT molecular complexity index is 1060. The Morgan fingerprint density at radius 3 is 2.70 bits per heavy atom. The fourth-order valence-corrected chi connectivity index (χ4v) is 4.65. The Hall–Kier alpha value is -2.96. The van der Waals surface area contributed by atoms with Crippen LogP contribution in [-0.4, -0.2) is 38.9 Å². The van der Waals surface area contributed by atoms with Crippen LogP contribution in [0.25, 0.3) is 0 Å². The topological polar surface area (TPSA) is 84.3 Å². The van der Waals surface area contributed by atoms with E-state index in [1.807, 2.05) is 36.9 Å². The lowest BCUT2D eigenvalue weighted by molar-refractivity contribution is -0.116. The van der Waals surface area contributed by atoms with Gasteiger partial charge in [-0.25, -0.2) is 4.79 Å². The third kappa shape index (κ3) is 3.88. The first-order valence-corrected chi connectivity index (χ1v) is 10.6. The Kier molecular flexibility index (Phi) is 5.45. The number of benzene rings is 1. The zero-order valence-corrected chi connectivity index (χ0v) is 17.8. The van der Waals surface area contributed by atoms with Crippen LogP contribution in [-0.2, 0) is 11.3 Å². The number of aromatic nitrogens is 2. The molecule has 2 amide bonds. The maximum atomic E-state index is 12.9. The molecule has 0 bridgehead atoms. The van der Waals surface area contributed by atoms with Crippen molar-refractivity contribution >= 4 is 17.5 Å². The highest BCUT2D eigenvalue weighted by Gasteiger charge is 2.44. The molecule has 2 heterocycles. The van der Waals surface area contributed by atoms with Crippen molar-refractivity contribution in [3.63, 3.8) is 0 Å². The van der Waals surface area contributed by atoms with Crippen LogP contribution < -0.4 is 11.0 Å². The van der Waals surface area contributed by atoms with Crippen LogP contribution in [0.15, 0.2) is 29.1 Å². The van der Waals surface area contributed by atoms with Crippen LogP contribution in [0.2, 0.25) is 0 Å². The number of likely N-dealkylation sites (tertiary alicyclic amines) is 1. The molecular formula is C23H28N4O3. The largest absolute Gasteiger partial charge is 0.347 e. The van der Waals surface area contributed by atoms with E-state index in [4.69, 9.17) is 0 Å². The van der Waals surface area contributed by atoms with Crippen molar-refractivity contribution in [2.75, 3.05) is 11.9 Å². The summed E-state index contributed by atoms with van der Waals surface area (Å²) in [5.74, 6) is 0.512. The third-order valence-corrected chi connectivity index (χ3v) is 6.38. The van der Waals surface area contributed by atoms with Crippen LogP contribution >= 0.6 is 0 Å². The van der Waals surface area contributed by atoms with Gasteiger partial charge in [-0.1, -0.05) is 12.5 Å². The van der Waals surface area contributed by atoms with Crippen molar-refractivity contribution in [1.29, 1.82) is 0 Å². The van der Waals surface area contributed by atoms with Crippen LogP contribution in [0.5, 0.6) is 0 Å². The number of hydrogen-bond donors (Lipinski definition) is 1. The fraction of sp³-hybridized carbons (Fsp3) is 0.478. The number of aryl methyl sites for hydroxylation is 3. The van der Waals surface area contributed by atoms with Crippen LogP contribution in [0.3, 0.4) is 0 Å². The molecular weight excluding hydrogens is 380 g/mol. The van der Waals surface area contributed by atoms with Crippen LogP contribution in [0.4, 0.5) is 5.69 Å². The molecule has 0 radical (unpaired) electrons. The molecule has 2 atom stereocenters. The van der Waals surface area contributed by atoms with Crippen molar-refractivity contribution in [3.05, 3.63) is 57.3 Å². The van der Waals surface area contributed by atoms with E-state index in [1.165, 1.54) is 17.4 Å². The molecule has 2 aromatic rings. The fourth-order valence-electron chi connectivity index (χ4n) is 4.65. The number of carbonyl (C=O) groups is 2. The molecule has 0 unspecified atom stereocenters. The molecule has 1 aromatic heterocycles. The minimum atomic E-state index is -0.344. The number of nitrogens with one attached hydrogen (secondary N) is 1. The second-order valence-electron chi connectivity index (χ2n) is 8.52. The molecule has 30 heavy (non-hydrogen) atoms. The van der Waals surface area contributed by atoms with E-state index in [2.05, 4.69) is 10.3 Å². The van der Waals surface area contributed by atoms with E-state index >= 15 is 0 Å². The summed E-state index contributed by atoms with van der Waals surface area (Å²) in [5, 5.41) is 2.90. The first-order chi connectivity index (χ1) is 14.3. The Morgan fingerprint density at radius 2 is 1.97 bits per heavy atom. The lowest BCUT2D eigenvalue weighted by atomic mass is 9.91. The number of hydrogen-bond acceptors (Lipinski definition) is 4. The monoisotopic (exact) mass is 408 g/mol. The highest BCUT2D eigenvalue weighted by molar-refractivity contribution is 5.98. The van der Waals surface area contributed by atoms with Gasteiger partial charge in [0, 0.05) is 48.2 Å². The molecule has 1 aromatic carbocycles. The maximum Gasteiger partial charge on any atom is 0.347 e. The van der Waals surface area contributed by atoms with Gasteiger partial charge in [0.2, 0.25) is 5.91 Å². The van der Waals surface area contributed by atoms with Crippen molar-refractivity contribution < 1.29 is 9.59 Å². The van der Waals surface area contributed by atoms with E-state index in [1.54, 1.807) is 13.0 Å². The Morgan fingerprint density at radius 1 is 1.17 bits per heavy atom. The van der Waals surface area contributed by atoms with Gasteiger partial charge in [0.25, 0.3) is 5.91 Å². The minimum Gasteiger partial charge on any atom is -0.335 e. The minimum absolute atomic E-state index is 0.0431. The van der Waals surface area contributed by atoms with Crippen molar-refractivity contribution in [2.45, 2.75) is 59.0 Å². The zero-order chi connectivity index (χ0) is 21.4. The first-order valence-electron chi connectivity index (χ1n) is 10.6. The highest BCUT2D eigenvalue weighted by Crippen LogP contribution is 2.39. The zero-order valence-electron chi connectivity index (χ0n) is 17.8. The van der Waals surface area contributed by atoms with Gasteiger partial charge in [-0.2, -0.15) is 4.98 Å². The predicted molar refractivity (Wildman–Crippen MR) is 115 cm³/mol. The Labute approximate surface area is 176 Å². The molecule has 158 valence electrons. The van der Waals surface area contributed by atoms with Crippen molar-refractivity contribution in [3.8, 4) is 0 Å². The highest BCUT2D eigenvalue weighted by atomic mass is 16.2. The second kappa shape index (κ2) is 8.05. The molecule has 7 heteroatoms. The number of rotatable bonds is 5. The van der Waals surface area contributed by atoms with Crippen LogP contribution in [0, 0.1) is 26.7 Å². The molecule has 1 saturated carbocycles. The summed E-state index contributed by atoms with van der Waals surface area (Å²) in [4.78, 5) is 43.4. The smallest absolute Gasteiger partial charge is 0.335 e. The van der Waals surface area contributed by atoms with Gasteiger partial charge in [-0.15, -0.1) is 0 Å². The molecule has 7 nitrogen and oxygen atoms in total. The van der Waals surface area contributed by atoms with E-state index < -0.39 is 0 Å². The molecule has 1 N–H and O–H groups in total. The molecule has 1 saturated heterocycles. The molecule has 2 aliphatic rings. The van der Waals surface area contributed by atoms with Crippen molar-refractivity contribution in [2.24, 2.45) is 5.92 Å². The quantitative estimate of drug-likeness (QED) is 0.825. The summed E-state index contributed by atoms with van der Waals surface area (Å²) in [6.07, 6.45) is 3.67. The standard InChI is InChI=1S/C23H28N4O3/c1-14-7-8-17(22(29)27-13-18-5-4-6-20(18)27)12-19(14)25-21(28)9-10-26-16(3)11-15(2)24-23(26)30/h7-8,11-12,18,20H,4-6,9-10,13H2,1-3H3,(H,25,28)/t18-,20-/m0/s1. The van der Waals surface area contributed by atoms with Gasteiger partial charge in [-0.3, -0.25) is 14.2 Å². The summed E-state index contributed by atoms with van der Waals surface area (Å²) >= 11 is 0. The van der Waals surface area contributed by atoms with Gasteiger partial charge >= 0.3 is 5.69 Å². The second-order valence-corrected chi connectivity index (χ2v) is 8.52. The first kappa shape index (κ1) is 20.3. The molecule has 1 aliphatic carbocycles. The number of carbonyl (C=O) groups excluding carboxylic acids is 2. The van der Waals surface area contributed by atoms with Crippen LogP contribution in [0.1, 0.15) is 53.0 Å². The summed E-state index contributed by atoms with van der Waals surface area (Å²) in [7, 11) is 0. The maximum absolute atomic E-state index is 12.9. The average Bonchev–Trinajstić information content (AvgIpc) is 3.03. The van der Waals surface area contributed by atoms with E-state index in [9.17, 15) is 14.4 Å². The van der Waals surface area contributed by atoms with E-state index in [-0.39, 0.29) is 30.5 Å². The SMILES string of the molecule is Cc1cc(C)n(CCC(=O)Nc2cc(C(=O)N3C[C@@H]4CCC[C@@H]43)ccc2C)c(=O)n1. The normalized spacial score (nSPS) is 19.9.